The second-order valence-corrected chi connectivity index (χ2v) is 14.8. The summed E-state index contributed by atoms with van der Waals surface area (Å²) in [6.45, 7) is 11.0. The first kappa shape index (κ1) is 41.8. The number of nitriles is 1. The van der Waals surface area contributed by atoms with Crippen LogP contribution in [0.3, 0.4) is 0 Å². The van der Waals surface area contributed by atoms with E-state index in [1.54, 1.807) is 13.0 Å². The lowest BCUT2D eigenvalue weighted by molar-refractivity contribution is -0.137. The molecule has 4 aromatic rings. The molecule has 8 rings (SSSR count). The van der Waals surface area contributed by atoms with E-state index in [0.29, 0.717) is 41.8 Å². The Balaban J connectivity index is 0.000000211. The van der Waals surface area contributed by atoms with Crippen molar-refractivity contribution < 1.29 is 35.9 Å². The van der Waals surface area contributed by atoms with Crippen LogP contribution in [0.2, 0.25) is 0 Å². The number of anilines is 2. The van der Waals surface area contributed by atoms with Crippen LogP contribution in [0, 0.1) is 28.9 Å². The summed E-state index contributed by atoms with van der Waals surface area (Å²) in [5.74, 6) is -1.32. The third-order valence-corrected chi connectivity index (χ3v) is 11.2. The second-order valence-electron chi connectivity index (χ2n) is 13.8. The van der Waals surface area contributed by atoms with Crippen LogP contribution in [0.25, 0.3) is 32.1 Å². The van der Waals surface area contributed by atoms with E-state index >= 15 is 4.39 Å². The minimum atomic E-state index is -5.00. The number of likely N-dealkylation sites (tertiary alicyclic amines) is 1. The summed E-state index contributed by atoms with van der Waals surface area (Å²) in [5.41, 5.74) is 2.59. The van der Waals surface area contributed by atoms with Gasteiger partial charge in [0.1, 0.15) is 34.4 Å². The van der Waals surface area contributed by atoms with Gasteiger partial charge in [0.05, 0.1) is 22.9 Å². The van der Waals surface area contributed by atoms with E-state index in [1.165, 1.54) is 32.8 Å². The minimum Gasteiger partial charge on any atom is -0.467 e. The molecular weight excluding hydrogens is 745 g/mol. The Kier molecular flexibility index (Phi) is 13.4. The first-order valence-electron chi connectivity index (χ1n) is 18.8. The van der Waals surface area contributed by atoms with Crippen molar-refractivity contribution in [1.82, 2.24) is 19.8 Å². The molecule has 3 atom stereocenters. The maximum Gasteiger partial charge on any atom is 0.417 e. The van der Waals surface area contributed by atoms with E-state index in [1.807, 2.05) is 13.8 Å². The quantitative estimate of drug-likeness (QED) is 0.192. The van der Waals surface area contributed by atoms with E-state index in [9.17, 15) is 32.0 Å². The highest BCUT2D eigenvalue weighted by molar-refractivity contribution is 7.23. The van der Waals surface area contributed by atoms with Crippen molar-refractivity contribution in [3.8, 4) is 23.2 Å². The van der Waals surface area contributed by atoms with Crippen LogP contribution in [0.15, 0.2) is 18.2 Å². The van der Waals surface area contributed by atoms with Crippen molar-refractivity contribution in [3.05, 3.63) is 41.0 Å². The van der Waals surface area contributed by atoms with E-state index in [-0.39, 0.29) is 50.0 Å². The number of methoxy groups -OCH3 is 1. The fraction of sp³-hybridized carbons (Fsp3) is 0.538. The number of amides is 1. The van der Waals surface area contributed by atoms with Crippen LogP contribution in [0.5, 0.6) is 6.01 Å². The number of carbonyl (C=O) groups is 1. The Bertz CT molecular complexity index is 2040. The van der Waals surface area contributed by atoms with Crippen molar-refractivity contribution in [2.45, 2.75) is 97.1 Å². The number of hydrogen-bond acceptors (Lipinski definition) is 9. The van der Waals surface area contributed by atoms with Crippen LogP contribution in [0.4, 0.5) is 37.2 Å². The van der Waals surface area contributed by atoms with Crippen LogP contribution in [-0.4, -0.2) is 77.2 Å². The van der Waals surface area contributed by atoms with E-state index in [0.717, 1.165) is 50.6 Å². The highest BCUT2D eigenvalue weighted by Gasteiger charge is 2.39. The number of alkyl halides is 4. The Morgan fingerprint density at radius 3 is 2.42 bits per heavy atom. The SMILES string of the molecule is CC.CC1CCCN1C(=O)C1CC1.CCNc1nc(OC)nc2c(F)c(-c3ccc(F)c4sc(N)c(C#N)c34)c(C(F)(F)F)cc12.FC1CC2CCCN2C1. The van der Waals surface area contributed by atoms with Gasteiger partial charge < -0.3 is 20.7 Å². The molecule has 3 unspecified atom stereocenters. The first-order chi connectivity index (χ1) is 26.3. The number of ether oxygens (including phenoxy) is 1. The number of nitrogens with zero attached hydrogens (tertiary/aromatic N) is 5. The average Bonchev–Trinajstić information content (AvgIpc) is 3.39. The molecule has 1 amide bonds. The predicted molar refractivity (Wildman–Crippen MR) is 204 cm³/mol. The third-order valence-electron chi connectivity index (χ3n) is 10.2. The summed E-state index contributed by atoms with van der Waals surface area (Å²) in [7, 11) is 1.23. The number of thiophene rings is 1. The normalized spacial score (nSPS) is 20.5. The number of rotatable bonds is 5. The molecule has 5 heterocycles. The van der Waals surface area contributed by atoms with Gasteiger partial charge >= 0.3 is 12.2 Å². The van der Waals surface area contributed by atoms with Gasteiger partial charge in [0.15, 0.2) is 5.82 Å². The predicted octanol–water partition coefficient (Wildman–Crippen LogP) is 9.33. The van der Waals surface area contributed by atoms with Gasteiger partial charge in [-0.3, -0.25) is 9.69 Å². The van der Waals surface area contributed by atoms with E-state index in [4.69, 9.17) is 10.5 Å². The highest BCUT2D eigenvalue weighted by atomic mass is 32.1. The highest BCUT2D eigenvalue weighted by Crippen LogP contribution is 2.47. The molecule has 0 bridgehead atoms. The van der Waals surface area contributed by atoms with Crippen molar-refractivity contribution in [2.75, 3.05) is 44.3 Å². The van der Waals surface area contributed by atoms with E-state index in [2.05, 4.69) is 32.0 Å². The summed E-state index contributed by atoms with van der Waals surface area (Å²) >= 11 is 0.698. The molecule has 16 heteroatoms. The summed E-state index contributed by atoms with van der Waals surface area (Å²) in [6, 6.07) is 5.27. The monoisotopic (exact) mass is 791 g/mol. The molecule has 1 saturated carbocycles. The molecule has 3 N–H and O–H groups in total. The topological polar surface area (TPSA) is 120 Å². The van der Waals surface area contributed by atoms with Crippen LogP contribution >= 0.6 is 11.3 Å². The lowest BCUT2D eigenvalue weighted by Gasteiger charge is -2.20. The van der Waals surface area contributed by atoms with Crippen molar-refractivity contribution in [3.63, 3.8) is 0 Å². The Morgan fingerprint density at radius 1 is 1.13 bits per heavy atom. The largest absolute Gasteiger partial charge is 0.467 e. The number of benzene rings is 2. The zero-order valence-corrected chi connectivity index (χ0v) is 32.4. The summed E-state index contributed by atoms with van der Waals surface area (Å²) in [4.78, 5) is 23.8. The van der Waals surface area contributed by atoms with E-state index < -0.39 is 40.6 Å². The van der Waals surface area contributed by atoms with Gasteiger partial charge in [0.2, 0.25) is 5.91 Å². The van der Waals surface area contributed by atoms with Gasteiger partial charge in [-0.2, -0.15) is 28.4 Å². The molecule has 3 saturated heterocycles. The number of fused-ring (bicyclic) bond motifs is 3. The van der Waals surface area contributed by atoms with Gasteiger partial charge in [0.25, 0.3) is 0 Å². The average molecular weight is 792 g/mol. The zero-order valence-electron chi connectivity index (χ0n) is 31.6. The number of hydrogen-bond donors (Lipinski definition) is 2. The van der Waals surface area contributed by atoms with Gasteiger partial charge in [-0.15, -0.1) is 11.3 Å². The fourth-order valence-corrected chi connectivity index (χ4v) is 8.40. The smallest absolute Gasteiger partial charge is 0.417 e. The Labute approximate surface area is 320 Å². The zero-order chi connectivity index (χ0) is 40.2. The summed E-state index contributed by atoms with van der Waals surface area (Å²) in [6.07, 6.45) is 2.51. The molecular formula is C39H47F6N7O2S. The molecule has 3 aliphatic heterocycles. The Morgan fingerprint density at radius 2 is 1.84 bits per heavy atom. The molecule has 1 aliphatic carbocycles. The van der Waals surface area contributed by atoms with Gasteiger partial charge in [-0.1, -0.05) is 19.9 Å². The summed E-state index contributed by atoms with van der Waals surface area (Å²) < 4.78 is 90.2. The molecule has 55 heavy (non-hydrogen) atoms. The molecule has 2 aromatic carbocycles. The lowest BCUT2D eigenvalue weighted by atomic mass is 9.92. The Hall–Kier alpha value is -4.36. The number of halogens is 6. The number of aromatic nitrogens is 2. The number of nitrogen functional groups attached to an aromatic ring is 1. The minimum absolute atomic E-state index is 0.0444. The standard InChI is InChI=1S/C21H14F5N5OS.C9H15NO.C7H12FN.C2H6/c1-3-29-19-9-6-11(21(24,25)26)14(15(23)16(9)30-20(31-19)32-2)8-4-5-12(22)17-13(8)10(7-27)18(28)33-17;1-7-3-2-6-10(7)9(11)8-4-5-8;8-6-4-7-2-1-3-9(7)5-6;1-2/h4-6H,3,28H2,1-2H3,(H,29,30,31);7-8H,2-6H2,1H3;6-7H,1-5H2;1-2H3. The van der Waals surface area contributed by atoms with Gasteiger partial charge in [0, 0.05) is 54.0 Å². The van der Waals surface area contributed by atoms with Crippen LogP contribution < -0.4 is 15.8 Å². The molecule has 4 aliphatic rings. The first-order valence-corrected chi connectivity index (χ1v) is 19.6. The number of nitrogens with two attached hydrogens (primary N) is 1. The van der Waals surface area contributed by atoms with Crippen molar-refractivity contribution in [1.29, 1.82) is 5.26 Å². The number of carbonyl (C=O) groups excluding carboxylic acids is 1. The van der Waals surface area contributed by atoms with Crippen LogP contribution in [0.1, 0.15) is 83.8 Å². The second kappa shape index (κ2) is 17.6. The van der Waals surface area contributed by atoms with Gasteiger partial charge in [-0.05, 0) is 83.0 Å². The molecule has 2 aromatic heterocycles. The molecule has 9 nitrogen and oxygen atoms in total. The molecule has 298 valence electrons. The van der Waals surface area contributed by atoms with Crippen molar-refractivity contribution in [2.24, 2.45) is 5.92 Å². The maximum atomic E-state index is 15.9. The molecule has 0 radical (unpaired) electrons. The van der Waals surface area contributed by atoms with Crippen LogP contribution in [-0.2, 0) is 11.0 Å². The maximum absolute atomic E-state index is 15.9. The fourth-order valence-electron chi connectivity index (χ4n) is 7.45. The summed E-state index contributed by atoms with van der Waals surface area (Å²) in [5, 5.41) is 11.8. The molecule has 0 spiro atoms. The third kappa shape index (κ3) is 8.88. The molecule has 4 fully saturated rings. The lowest BCUT2D eigenvalue weighted by Crippen LogP contribution is -2.34. The number of nitrogens with one attached hydrogen (secondary N) is 1. The van der Waals surface area contributed by atoms with Gasteiger partial charge in [-0.25, -0.2) is 13.2 Å². The van der Waals surface area contributed by atoms with Crippen molar-refractivity contribution >= 4 is 49.1 Å².